The van der Waals surface area contributed by atoms with Gasteiger partial charge in [0.25, 0.3) is 0 Å². The number of amides is 2. The molecule has 0 bridgehead atoms. The minimum Gasteiger partial charge on any atom is -0.497 e. The fourth-order valence-electron chi connectivity index (χ4n) is 4.20. The zero-order chi connectivity index (χ0) is 20.4. The maximum Gasteiger partial charge on any atom is 0.325 e. The number of benzene rings is 1. The molecule has 1 fully saturated rings. The van der Waals surface area contributed by atoms with Crippen LogP contribution in [0, 0.1) is 0 Å². The second-order valence-corrected chi connectivity index (χ2v) is 7.30. The van der Waals surface area contributed by atoms with Gasteiger partial charge in [-0.05, 0) is 44.0 Å². The monoisotopic (exact) mass is 398 g/mol. The fraction of sp³-hybridized carbons (Fsp3) is 0.429. The highest BCUT2D eigenvalue weighted by Crippen LogP contribution is 2.44. The van der Waals surface area contributed by atoms with Crippen molar-refractivity contribution in [3.05, 3.63) is 42.2 Å². The number of likely N-dealkylation sites (tertiary alicyclic amines) is 1. The van der Waals surface area contributed by atoms with Crippen LogP contribution in [0.3, 0.4) is 0 Å². The van der Waals surface area contributed by atoms with Gasteiger partial charge in [-0.1, -0.05) is 0 Å². The molecule has 3 heterocycles. The lowest BCUT2D eigenvalue weighted by atomic mass is 9.82. The van der Waals surface area contributed by atoms with E-state index < -0.39 is 5.97 Å². The van der Waals surface area contributed by atoms with E-state index >= 15 is 0 Å². The van der Waals surface area contributed by atoms with E-state index in [0.717, 1.165) is 30.0 Å². The number of nitrogens with zero attached hydrogens (tertiary/aromatic N) is 2. The summed E-state index contributed by atoms with van der Waals surface area (Å²) in [5.41, 5.74) is 3.06. The molecule has 8 nitrogen and oxygen atoms in total. The Morgan fingerprint density at radius 3 is 2.76 bits per heavy atom. The molecule has 29 heavy (non-hydrogen) atoms. The molecule has 0 radical (unpaired) electrons. The smallest absolute Gasteiger partial charge is 0.325 e. The molecule has 2 aliphatic rings. The lowest BCUT2D eigenvalue weighted by Gasteiger charge is -2.46. The summed E-state index contributed by atoms with van der Waals surface area (Å²) in [5, 5.41) is 6.37. The van der Waals surface area contributed by atoms with Crippen molar-refractivity contribution in [3.63, 3.8) is 0 Å². The molecule has 154 valence electrons. The Morgan fingerprint density at radius 2 is 2.03 bits per heavy atom. The number of methoxy groups -OCH3 is 1. The molecule has 1 saturated heterocycles. The molecule has 2 N–H and O–H groups in total. The molecule has 1 spiro atoms. The Labute approximate surface area is 169 Å². The van der Waals surface area contributed by atoms with Crippen LogP contribution in [0.25, 0.3) is 5.69 Å². The third-order valence-electron chi connectivity index (χ3n) is 5.67. The van der Waals surface area contributed by atoms with E-state index in [-0.39, 0.29) is 18.1 Å². The Morgan fingerprint density at radius 1 is 1.24 bits per heavy atom. The van der Waals surface area contributed by atoms with E-state index in [2.05, 4.69) is 39.6 Å². The Bertz CT molecular complexity index is 915. The number of hydrogen-bond donors (Lipinski definition) is 2. The van der Waals surface area contributed by atoms with Crippen LogP contribution in [0.4, 0.5) is 10.5 Å². The predicted molar refractivity (Wildman–Crippen MR) is 108 cm³/mol. The molecule has 0 atom stereocenters. The summed E-state index contributed by atoms with van der Waals surface area (Å²) in [6.45, 7) is 3.12. The molecule has 2 aliphatic heterocycles. The Balaban J connectivity index is 1.48. The van der Waals surface area contributed by atoms with Gasteiger partial charge in [0.1, 0.15) is 12.3 Å². The summed E-state index contributed by atoms with van der Waals surface area (Å²) in [6.07, 6.45) is 3.60. The summed E-state index contributed by atoms with van der Waals surface area (Å²) in [7, 11) is 1.66. The maximum atomic E-state index is 12.4. The predicted octanol–water partition coefficient (Wildman–Crippen LogP) is 2.48. The quantitative estimate of drug-likeness (QED) is 0.773. The van der Waals surface area contributed by atoms with Crippen LogP contribution in [0.2, 0.25) is 0 Å². The Kier molecular flexibility index (Phi) is 5.08. The van der Waals surface area contributed by atoms with Gasteiger partial charge in [-0.2, -0.15) is 0 Å². The number of rotatable bonds is 4. The van der Waals surface area contributed by atoms with Crippen molar-refractivity contribution >= 4 is 17.7 Å². The molecule has 0 aliphatic carbocycles. The zero-order valence-corrected chi connectivity index (χ0v) is 16.7. The third-order valence-corrected chi connectivity index (χ3v) is 5.67. The number of carbonyl (C=O) groups is 2. The average Bonchev–Trinajstić information content (AvgIpc) is 3.24. The maximum absolute atomic E-state index is 12.4. The van der Waals surface area contributed by atoms with Gasteiger partial charge in [0.15, 0.2) is 0 Å². The van der Waals surface area contributed by atoms with Crippen LogP contribution in [0.1, 0.15) is 25.5 Å². The number of aromatic nitrogens is 1. The van der Waals surface area contributed by atoms with Crippen LogP contribution in [0.5, 0.6) is 5.75 Å². The van der Waals surface area contributed by atoms with Crippen molar-refractivity contribution in [2.75, 3.05) is 38.7 Å². The molecule has 2 amide bonds. The van der Waals surface area contributed by atoms with Crippen molar-refractivity contribution in [2.45, 2.75) is 25.3 Å². The van der Waals surface area contributed by atoms with E-state index in [1.54, 1.807) is 18.9 Å². The summed E-state index contributed by atoms with van der Waals surface area (Å²) in [5.74, 6) is 0.379. The van der Waals surface area contributed by atoms with Crippen LogP contribution in [-0.2, 0) is 15.1 Å². The van der Waals surface area contributed by atoms with Crippen molar-refractivity contribution < 1.29 is 19.1 Å². The molecular weight excluding hydrogens is 372 g/mol. The molecule has 0 unspecified atom stereocenters. The van der Waals surface area contributed by atoms with Crippen molar-refractivity contribution in [1.82, 2.24) is 14.8 Å². The fourth-order valence-corrected chi connectivity index (χ4v) is 4.20. The number of esters is 1. The number of nitrogens with one attached hydrogen (secondary N) is 2. The molecular formula is C21H26N4O4. The number of piperidine rings is 1. The first kappa shape index (κ1) is 19.2. The number of fused-ring (bicyclic) bond motifs is 4. The van der Waals surface area contributed by atoms with E-state index in [1.165, 1.54) is 5.69 Å². The van der Waals surface area contributed by atoms with Gasteiger partial charge >= 0.3 is 12.0 Å². The van der Waals surface area contributed by atoms with Gasteiger partial charge in [0.05, 0.1) is 30.6 Å². The van der Waals surface area contributed by atoms with E-state index in [1.807, 2.05) is 12.1 Å². The zero-order valence-electron chi connectivity index (χ0n) is 16.7. The van der Waals surface area contributed by atoms with Crippen molar-refractivity contribution in [3.8, 4) is 11.4 Å². The number of urea groups is 1. The number of hydrogen-bond acceptors (Lipinski definition) is 5. The summed E-state index contributed by atoms with van der Waals surface area (Å²) in [6, 6.07) is 9.97. The van der Waals surface area contributed by atoms with Gasteiger partial charge in [0, 0.05) is 31.0 Å². The highest BCUT2D eigenvalue weighted by Gasteiger charge is 2.42. The highest BCUT2D eigenvalue weighted by atomic mass is 16.5. The van der Waals surface area contributed by atoms with Gasteiger partial charge in [0.2, 0.25) is 0 Å². The first-order valence-corrected chi connectivity index (χ1v) is 9.89. The minimum absolute atomic E-state index is 0.109. The SMILES string of the molecule is CCOC(=O)CNC(=O)N1CCC2(CC1)Nc1cc(OC)ccc1-n1cccc12. The van der Waals surface area contributed by atoms with Crippen molar-refractivity contribution in [1.29, 1.82) is 0 Å². The molecule has 1 aromatic carbocycles. The largest absolute Gasteiger partial charge is 0.497 e. The second kappa shape index (κ2) is 7.69. The lowest BCUT2D eigenvalue weighted by Crippen LogP contribution is -2.53. The van der Waals surface area contributed by atoms with Crippen molar-refractivity contribution in [2.24, 2.45) is 0 Å². The number of anilines is 1. The first-order valence-electron chi connectivity index (χ1n) is 9.89. The first-order chi connectivity index (χ1) is 14.1. The molecule has 0 saturated carbocycles. The summed E-state index contributed by atoms with van der Waals surface area (Å²) < 4.78 is 12.5. The second-order valence-electron chi connectivity index (χ2n) is 7.30. The third kappa shape index (κ3) is 3.50. The van der Waals surface area contributed by atoms with Crippen LogP contribution < -0.4 is 15.4 Å². The standard InChI is InChI=1S/C21H26N4O4/c1-3-29-19(26)14-22-20(27)24-11-8-21(9-12-24)18-5-4-10-25(18)17-7-6-15(28-2)13-16(17)23-21/h4-7,10,13,23H,3,8-9,11-12,14H2,1-2H3,(H,22,27). The average molecular weight is 398 g/mol. The topological polar surface area (TPSA) is 84.8 Å². The Hall–Kier alpha value is -3.16. The number of carbonyl (C=O) groups excluding carboxylic acids is 2. The van der Waals surface area contributed by atoms with E-state index in [4.69, 9.17) is 9.47 Å². The van der Waals surface area contributed by atoms with Crippen LogP contribution in [-0.4, -0.2) is 54.8 Å². The van der Waals surface area contributed by atoms with Gasteiger partial charge in [-0.25, -0.2) is 4.79 Å². The number of ether oxygens (including phenoxy) is 2. The molecule has 1 aromatic heterocycles. The summed E-state index contributed by atoms with van der Waals surface area (Å²) in [4.78, 5) is 25.6. The van der Waals surface area contributed by atoms with Gasteiger partial charge in [-0.3, -0.25) is 4.79 Å². The molecule has 8 heteroatoms. The minimum atomic E-state index is -0.424. The van der Waals surface area contributed by atoms with E-state index in [9.17, 15) is 9.59 Å². The summed E-state index contributed by atoms with van der Waals surface area (Å²) >= 11 is 0. The van der Waals surface area contributed by atoms with Gasteiger partial charge < -0.3 is 29.6 Å². The lowest BCUT2D eigenvalue weighted by molar-refractivity contribution is -0.141. The molecule has 2 aromatic rings. The normalized spacial score (nSPS) is 16.4. The van der Waals surface area contributed by atoms with E-state index in [0.29, 0.717) is 19.7 Å². The highest BCUT2D eigenvalue weighted by molar-refractivity contribution is 5.81. The van der Waals surface area contributed by atoms with Gasteiger partial charge in [-0.15, -0.1) is 0 Å². The van der Waals surface area contributed by atoms with Crippen LogP contribution >= 0.6 is 0 Å². The molecule has 4 rings (SSSR count). The van der Waals surface area contributed by atoms with Crippen LogP contribution in [0.15, 0.2) is 36.5 Å².